The Bertz CT molecular complexity index is 1240. The van der Waals surface area contributed by atoms with Crippen LogP contribution in [0.4, 0.5) is 0 Å². The zero-order valence-corrected chi connectivity index (χ0v) is 14.8. The minimum Gasteiger partial charge on any atom is -0.496 e. The Kier molecular flexibility index (Phi) is 4.12. The van der Waals surface area contributed by atoms with Crippen LogP contribution in [0.5, 0.6) is 11.5 Å². The van der Waals surface area contributed by atoms with Gasteiger partial charge in [-0.3, -0.25) is 4.79 Å². The van der Waals surface area contributed by atoms with Crippen molar-refractivity contribution >= 4 is 27.5 Å². The molecule has 1 heterocycles. The second-order valence-corrected chi connectivity index (χ2v) is 6.08. The molecule has 4 rings (SSSR count). The lowest BCUT2D eigenvalue weighted by molar-refractivity contribution is 0.103. The molecule has 5 nitrogen and oxygen atoms in total. The van der Waals surface area contributed by atoms with E-state index in [2.05, 4.69) is 0 Å². The van der Waals surface area contributed by atoms with E-state index in [1.54, 1.807) is 24.3 Å². The summed E-state index contributed by atoms with van der Waals surface area (Å²) in [7, 11) is 3.01. The molecule has 0 aliphatic heterocycles. The van der Waals surface area contributed by atoms with Crippen molar-refractivity contribution in [1.29, 1.82) is 0 Å². The molecule has 0 saturated heterocycles. The molecule has 0 N–H and O–H groups in total. The average Bonchev–Trinajstić information content (AvgIpc) is 2.71. The molecule has 0 radical (unpaired) electrons. The summed E-state index contributed by atoms with van der Waals surface area (Å²) in [6.45, 7) is 0. The maximum Gasteiger partial charge on any atom is 0.347 e. The van der Waals surface area contributed by atoms with Gasteiger partial charge in [0, 0.05) is 17.7 Å². The van der Waals surface area contributed by atoms with Crippen molar-refractivity contribution in [2.75, 3.05) is 14.2 Å². The molecule has 0 amide bonds. The van der Waals surface area contributed by atoms with Crippen molar-refractivity contribution in [3.63, 3.8) is 0 Å². The fourth-order valence-electron chi connectivity index (χ4n) is 3.09. The van der Waals surface area contributed by atoms with Crippen molar-refractivity contribution in [2.45, 2.75) is 0 Å². The lowest BCUT2D eigenvalue weighted by Crippen LogP contribution is -2.15. The van der Waals surface area contributed by atoms with Crippen molar-refractivity contribution < 1.29 is 18.7 Å². The predicted octanol–water partition coefficient (Wildman–Crippen LogP) is 4.19. The summed E-state index contributed by atoms with van der Waals surface area (Å²) >= 11 is 0. The first-order valence-electron chi connectivity index (χ1n) is 8.34. The average molecular weight is 360 g/mol. The van der Waals surface area contributed by atoms with Crippen LogP contribution in [0.1, 0.15) is 15.9 Å². The molecule has 0 spiro atoms. The molecule has 3 aromatic carbocycles. The van der Waals surface area contributed by atoms with Gasteiger partial charge in [0.2, 0.25) is 0 Å². The number of ketones is 1. The van der Waals surface area contributed by atoms with Gasteiger partial charge in [-0.1, -0.05) is 36.4 Å². The zero-order chi connectivity index (χ0) is 19.0. The Morgan fingerprint density at radius 3 is 2.41 bits per heavy atom. The third-order valence-corrected chi connectivity index (χ3v) is 4.50. The number of methoxy groups -OCH3 is 2. The van der Waals surface area contributed by atoms with Crippen LogP contribution in [0.2, 0.25) is 0 Å². The van der Waals surface area contributed by atoms with E-state index in [0.717, 1.165) is 10.8 Å². The number of rotatable bonds is 4. The highest BCUT2D eigenvalue weighted by Gasteiger charge is 2.18. The molecule has 1 aromatic heterocycles. The highest BCUT2D eigenvalue weighted by Crippen LogP contribution is 2.31. The molecule has 134 valence electrons. The fraction of sp³-hybridized carbons (Fsp3) is 0.0909. The standard InChI is InChI=1S/C22H16O5/c1-25-16-10-19(26-2)17-12-18(22(24)27-20(17)11-16)21(23)15-8-7-13-5-3-4-6-14(13)9-15/h3-12H,1-2H3. The van der Waals surface area contributed by atoms with Crippen LogP contribution >= 0.6 is 0 Å². The number of carbonyl (C=O) groups is 1. The van der Waals surface area contributed by atoms with E-state index >= 15 is 0 Å². The minimum absolute atomic E-state index is 0.0405. The number of carbonyl (C=O) groups excluding carboxylic acids is 1. The van der Waals surface area contributed by atoms with Crippen LogP contribution in [0.15, 0.2) is 69.9 Å². The van der Waals surface area contributed by atoms with Crippen LogP contribution in [0, 0.1) is 0 Å². The lowest BCUT2D eigenvalue weighted by atomic mass is 10.00. The third kappa shape index (κ3) is 2.93. The highest BCUT2D eigenvalue weighted by atomic mass is 16.5. The van der Waals surface area contributed by atoms with Gasteiger partial charge in [-0.25, -0.2) is 4.79 Å². The summed E-state index contributed by atoms with van der Waals surface area (Å²) in [5.74, 6) is 0.561. The number of hydrogen-bond donors (Lipinski definition) is 0. The maximum absolute atomic E-state index is 13.0. The SMILES string of the molecule is COc1cc(OC)c2cc(C(=O)c3ccc4ccccc4c3)c(=O)oc2c1. The molecule has 0 aliphatic carbocycles. The van der Waals surface area contributed by atoms with Gasteiger partial charge in [0.05, 0.1) is 19.6 Å². The smallest absolute Gasteiger partial charge is 0.347 e. The van der Waals surface area contributed by atoms with Crippen LogP contribution in [0.25, 0.3) is 21.7 Å². The largest absolute Gasteiger partial charge is 0.496 e. The second kappa shape index (κ2) is 6.61. The molecular weight excluding hydrogens is 344 g/mol. The van der Waals surface area contributed by atoms with Crippen LogP contribution in [0.3, 0.4) is 0 Å². The minimum atomic E-state index is -0.698. The first kappa shape index (κ1) is 16.8. The quantitative estimate of drug-likeness (QED) is 0.403. The summed E-state index contributed by atoms with van der Waals surface area (Å²) in [5.41, 5.74) is -0.0173. The normalized spacial score (nSPS) is 10.9. The van der Waals surface area contributed by atoms with Crippen molar-refractivity contribution in [3.05, 3.63) is 82.2 Å². The fourth-order valence-corrected chi connectivity index (χ4v) is 3.09. The van der Waals surface area contributed by atoms with E-state index in [-0.39, 0.29) is 5.56 Å². The van der Waals surface area contributed by atoms with Gasteiger partial charge in [0.15, 0.2) is 5.78 Å². The molecule has 0 saturated carbocycles. The Hall–Kier alpha value is -3.60. The monoisotopic (exact) mass is 360 g/mol. The summed E-state index contributed by atoms with van der Waals surface area (Å²) in [4.78, 5) is 25.4. The van der Waals surface area contributed by atoms with E-state index in [9.17, 15) is 9.59 Å². The molecule has 27 heavy (non-hydrogen) atoms. The van der Waals surface area contributed by atoms with Gasteiger partial charge in [-0.05, 0) is 22.9 Å². The Morgan fingerprint density at radius 2 is 1.67 bits per heavy atom. The molecule has 0 bridgehead atoms. The van der Waals surface area contributed by atoms with Crippen molar-refractivity contribution in [2.24, 2.45) is 0 Å². The van der Waals surface area contributed by atoms with E-state index < -0.39 is 11.4 Å². The van der Waals surface area contributed by atoms with Crippen LogP contribution in [-0.4, -0.2) is 20.0 Å². The molecule has 0 unspecified atom stereocenters. The van der Waals surface area contributed by atoms with Gasteiger partial charge in [-0.2, -0.15) is 0 Å². The first-order chi connectivity index (χ1) is 13.1. The van der Waals surface area contributed by atoms with E-state index in [1.165, 1.54) is 20.3 Å². The maximum atomic E-state index is 13.0. The first-order valence-corrected chi connectivity index (χ1v) is 8.34. The van der Waals surface area contributed by atoms with Gasteiger partial charge in [0.25, 0.3) is 0 Å². The topological polar surface area (TPSA) is 65.7 Å². The number of fused-ring (bicyclic) bond motifs is 2. The Morgan fingerprint density at radius 1 is 0.889 bits per heavy atom. The third-order valence-electron chi connectivity index (χ3n) is 4.50. The van der Waals surface area contributed by atoms with E-state index in [1.807, 2.05) is 30.3 Å². The van der Waals surface area contributed by atoms with Crippen molar-refractivity contribution in [1.82, 2.24) is 0 Å². The lowest BCUT2D eigenvalue weighted by Gasteiger charge is -2.09. The summed E-state index contributed by atoms with van der Waals surface area (Å²) < 4.78 is 15.9. The highest BCUT2D eigenvalue weighted by molar-refractivity contribution is 6.11. The predicted molar refractivity (Wildman–Crippen MR) is 103 cm³/mol. The summed E-state index contributed by atoms with van der Waals surface area (Å²) in [5, 5.41) is 2.48. The zero-order valence-electron chi connectivity index (χ0n) is 14.8. The Balaban J connectivity index is 1.87. The van der Waals surface area contributed by atoms with E-state index in [0.29, 0.717) is 28.0 Å². The van der Waals surface area contributed by atoms with Crippen LogP contribution in [-0.2, 0) is 0 Å². The second-order valence-electron chi connectivity index (χ2n) is 6.08. The Labute approximate surface area is 154 Å². The number of ether oxygens (including phenoxy) is 2. The van der Waals surface area contributed by atoms with Crippen LogP contribution < -0.4 is 15.1 Å². The summed E-state index contributed by atoms with van der Waals surface area (Å²) in [6, 6.07) is 17.8. The molecule has 0 atom stereocenters. The molecule has 4 aromatic rings. The molecule has 0 fully saturated rings. The van der Waals surface area contributed by atoms with Gasteiger partial charge >= 0.3 is 5.63 Å². The molecular formula is C22H16O5. The van der Waals surface area contributed by atoms with Crippen molar-refractivity contribution in [3.8, 4) is 11.5 Å². The van der Waals surface area contributed by atoms with E-state index in [4.69, 9.17) is 13.9 Å². The van der Waals surface area contributed by atoms with Gasteiger partial charge < -0.3 is 13.9 Å². The molecule has 0 aliphatic rings. The van der Waals surface area contributed by atoms with Gasteiger partial charge in [-0.15, -0.1) is 0 Å². The molecule has 5 heteroatoms. The number of hydrogen-bond acceptors (Lipinski definition) is 5. The van der Waals surface area contributed by atoms with Gasteiger partial charge in [0.1, 0.15) is 22.6 Å². The number of benzene rings is 3. The summed E-state index contributed by atoms with van der Waals surface area (Å²) in [6.07, 6.45) is 0.